The maximum absolute atomic E-state index is 11.9. The summed E-state index contributed by atoms with van der Waals surface area (Å²) in [5.41, 5.74) is 6.30. The largest absolute Gasteiger partial charge is 0.370 e. The number of carbonyl (C=O) groups is 1. The third-order valence-corrected chi connectivity index (χ3v) is 3.21. The van der Waals surface area contributed by atoms with Gasteiger partial charge in [-0.05, 0) is 26.0 Å². The standard InChI is InChI=1S/C14H21ClN4O/c1-3-19(4-2)14(16)18-10-9-17-13(20)11-7-5-6-8-12(11)15/h5-8H,3-4,9-10H2,1-2H3,(H2,16,18)(H,17,20). The summed E-state index contributed by atoms with van der Waals surface area (Å²) in [7, 11) is 0. The van der Waals surface area contributed by atoms with Crippen LogP contribution in [-0.4, -0.2) is 42.9 Å². The highest BCUT2D eigenvalue weighted by atomic mass is 35.5. The molecule has 110 valence electrons. The summed E-state index contributed by atoms with van der Waals surface area (Å²) in [4.78, 5) is 18.1. The number of nitrogens with one attached hydrogen (secondary N) is 1. The van der Waals surface area contributed by atoms with E-state index in [-0.39, 0.29) is 5.91 Å². The SMILES string of the molecule is CCN(CC)C(N)=NCCNC(=O)c1ccccc1Cl. The molecule has 0 radical (unpaired) electrons. The number of carbonyl (C=O) groups excluding carboxylic acids is 1. The molecular weight excluding hydrogens is 276 g/mol. The molecule has 0 saturated heterocycles. The molecule has 0 aliphatic heterocycles. The Labute approximate surface area is 124 Å². The predicted molar refractivity (Wildman–Crippen MR) is 83.2 cm³/mol. The topological polar surface area (TPSA) is 70.7 Å². The van der Waals surface area contributed by atoms with E-state index in [1.54, 1.807) is 24.3 Å². The Hall–Kier alpha value is -1.75. The van der Waals surface area contributed by atoms with Gasteiger partial charge in [0.15, 0.2) is 5.96 Å². The molecule has 1 rings (SSSR count). The number of benzene rings is 1. The number of halogens is 1. The predicted octanol–water partition coefficient (Wildman–Crippen LogP) is 1.73. The Bertz CT molecular complexity index is 472. The molecule has 0 bridgehead atoms. The van der Waals surface area contributed by atoms with Crippen LogP contribution in [0, 0.1) is 0 Å². The van der Waals surface area contributed by atoms with Gasteiger partial charge in [0.2, 0.25) is 0 Å². The monoisotopic (exact) mass is 296 g/mol. The molecule has 0 heterocycles. The highest BCUT2D eigenvalue weighted by Gasteiger charge is 2.08. The second-order valence-electron chi connectivity index (χ2n) is 4.15. The number of hydrogen-bond acceptors (Lipinski definition) is 2. The second-order valence-corrected chi connectivity index (χ2v) is 4.56. The molecular formula is C14H21ClN4O. The molecule has 0 fully saturated rings. The number of nitrogens with zero attached hydrogens (tertiary/aromatic N) is 2. The van der Waals surface area contributed by atoms with Crippen molar-refractivity contribution in [2.75, 3.05) is 26.2 Å². The Morgan fingerprint density at radius 2 is 2.00 bits per heavy atom. The van der Waals surface area contributed by atoms with Gasteiger partial charge in [0.1, 0.15) is 0 Å². The molecule has 20 heavy (non-hydrogen) atoms. The van der Waals surface area contributed by atoms with Gasteiger partial charge >= 0.3 is 0 Å². The summed E-state index contributed by atoms with van der Waals surface area (Å²) in [6, 6.07) is 6.93. The normalized spacial score (nSPS) is 11.2. The lowest BCUT2D eigenvalue weighted by molar-refractivity contribution is 0.0955. The van der Waals surface area contributed by atoms with Crippen molar-refractivity contribution in [1.82, 2.24) is 10.2 Å². The van der Waals surface area contributed by atoms with Crippen molar-refractivity contribution < 1.29 is 4.79 Å². The van der Waals surface area contributed by atoms with Crippen LogP contribution in [0.3, 0.4) is 0 Å². The first-order chi connectivity index (χ1) is 9.60. The van der Waals surface area contributed by atoms with Crippen LogP contribution in [-0.2, 0) is 0 Å². The molecule has 0 aliphatic rings. The molecule has 0 aromatic heterocycles. The first-order valence-corrected chi connectivity index (χ1v) is 7.05. The van der Waals surface area contributed by atoms with Gasteiger partial charge in [-0.1, -0.05) is 23.7 Å². The van der Waals surface area contributed by atoms with E-state index in [0.717, 1.165) is 13.1 Å². The quantitative estimate of drug-likeness (QED) is 0.477. The maximum Gasteiger partial charge on any atom is 0.252 e. The molecule has 5 nitrogen and oxygen atoms in total. The van der Waals surface area contributed by atoms with Crippen molar-refractivity contribution in [3.8, 4) is 0 Å². The summed E-state index contributed by atoms with van der Waals surface area (Å²) < 4.78 is 0. The fraction of sp³-hybridized carbons (Fsp3) is 0.429. The Kier molecular flexibility index (Phi) is 6.87. The Morgan fingerprint density at radius 3 is 2.60 bits per heavy atom. The van der Waals surface area contributed by atoms with Crippen LogP contribution < -0.4 is 11.1 Å². The molecule has 0 atom stereocenters. The van der Waals surface area contributed by atoms with E-state index in [2.05, 4.69) is 10.3 Å². The Morgan fingerprint density at radius 1 is 1.35 bits per heavy atom. The average molecular weight is 297 g/mol. The third kappa shape index (κ3) is 4.74. The van der Waals surface area contributed by atoms with Crippen LogP contribution in [0.25, 0.3) is 0 Å². The van der Waals surface area contributed by atoms with E-state index in [0.29, 0.717) is 29.6 Å². The molecule has 0 aliphatic carbocycles. The van der Waals surface area contributed by atoms with Crippen LogP contribution >= 0.6 is 11.6 Å². The molecule has 0 spiro atoms. The second kappa shape index (κ2) is 8.43. The average Bonchev–Trinajstić information content (AvgIpc) is 2.45. The number of aliphatic imine (C=N–C) groups is 1. The van der Waals surface area contributed by atoms with E-state index in [1.165, 1.54) is 0 Å². The molecule has 1 aromatic carbocycles. The maximum atomic E-state index is 11.9. The lowest BCUT2D eigenvalue weighted by Gasteiger charge is -2.19. The molecule has 1 amide bonds. The van der Waals surface area contributed by atoms with Crippen molar-refractivity contribution in [3.63, 3.8) is 0 Å². The van der Waals surface area contributed by atoms with E-state index in [9.17, 15) is 4.79 Å². The molecule has 0 unspecified atom stereocenters. The third-order valence-electron chi connectivity index (χ3n) is 2.88. The summed E-state index contributed by atoms with van der Waals surface area (Å²) in [5.74, 6) is 0.300. The fourth-order valence-electron chi connectivity index (χ4n) is 1.73. The van der Waals surface area contributed by atoms with Crippen molar-refractivity contribution >= 4 is 23.5 Å². The fourth-order valence-corrected chi connectivity index (χ4v) is 1.95. The van der Waals surface area contributed by atoms with E-state index in [1.807, 2.05) is 18.7 Å². The highest BCUT2D eigenvalue weighted by Crippen LogP contribution is 2.14. The van der Waals surface area contributed by atoms with Crippen molar-refractivity contribution in [2.24, 2.45) is 10.7 Å². The zero-order chi connectivity index (χ0) is 15.0. The number of guanidine groups is 1. The van der Waals surface area contributed by atoms with Gasteiger partial charge in [-0.15, -0.1) is 0 Å². The van der Waals surface area contributed by atoms with Gasteiger partial charge in [-0.2, -0.15) is 0 Å². The summed E-state index contributed by atoms with van der Waals surface area (Å²) in [6.07, 6.45) is 0. The zero-order valence-corrected chi connectivity index (χ0v) is 12.7. The summed E-state index contributed by atoms with van der Waals surface area (Å²) >= 11 is 5.95. The Balaban J connectivity index is 2.43. The van der Waals surface area contributed by atoms with E-state index in [4.69, 9.17) is 17.3 Å². The van der Waals surface area contributed by atoms with Crippen LogP contribution in [0.15, 0.2) is 29.3 Å². The molecule has 1 aromatic rings. The smallest absolute Gasteiger partial charge is 0.252 e. The van der Waals surface area contributed by atoms with Gasteiger partial charge in [0.05, 0.1) is 17.1 Å². The minimum atomic E-state index is -0.202. The number of nitrogens with two attached hydrogens (primary N) is 1. The summed E-state index contributed by atoms with van der Waals surface area (Å²) in [5, 5.41) is 3.21. The minimum Gasteiger partial charge on any atom is -0.370 e. The molecule has 0 saturated carbocycles. The lowest BCUT2D eigenvalue weighted by Crippen LogP contribution is -2.37. The van der Waals surface area contributed by atoms with Gasteiger partial charge in [-0.25, -0.2) is 0 Å². The first-order valence-electron chi connectivity index (χ1n) is 6.67. The molecule has 3 N–H and O–H groups in total. The van der Waals surface area contributed by atoms with E-state index < -0.39 is 0 Å². The molecule has 6 heteroatoms. The number of hydrogen-bond donors (Lipinski definition) is 2. The summed E-state index contributed by atoms with van der Waals surface area (Å²) in [6.45, 7) is 6.54. The zero-order valence-electron chi connectivity index (χ0n) is 11.9. The van der Waals surface area contributed by atoms with Gasteiger partial charge in [0.25, 0.3) is 5.91 Å². The van der Waals surface area contributed by atoms with Gasteiger partial charge in [-0.3, -0.25) is 9.79 Å². The lowest BCUT2D eigenvalue weighted by atomic mass is 10.2. The van der Waals surface area contributed by atoms with Crippen molar-refractivity contribution in [3.05, 3.63) is 34.9 Å². The van der Waals surface area contributed by atoms with Crippen LogP contribution in [0.2, 0.25) is 5.02 Å². The minimum absolute atomic E-state index is 0.202. The van der Waals surface area contributed by atoms with Crippen LogP contribution in [0.5, 0.6) is 0 Å². The van der Waals surface area contributed by atoms with Gasteiger partial charge in [0, 0.05) is 19.6 Å². The van der Waals surface area contributed by atoms with Crippen LogP contribution in [0.1, 0.15) is 24.2 Å². The highest BCUT2D eigenvalue weighted by molar-refractivity contribution is 6.33. The van der Waals surface area contributed by atoms with Crippen LogP contribution in [0.4, 0.5) is 0 Å². The van der Waals surface area contributed by atoms with E-state index >= 15 is 0 Å². The number of amides is 1. The van der Waals surface area contributed by atoms with Crippen molar-refractivity contribution in [1.29, 1.82) is 0 Å². The van der Waals surface area contributed by atoms with Gasteiger partial charge < -0.3 is 16.0 Å². The number of rotatable bonds is 6. The first kappa shape index (κ1) is 16.3. The van der Waals surface area contributed by atoms with Crippen molar-refractivity contribution in [2.45, 2.75) is 13.8 Å².